The van der Waals surface area contributed by atoms with E-state index < -0.39 is 12.0 Å². The quantitative estimate of drug-likeness (QED) is 0.548. The number of nitrogens with one attached hydrogen (secondary N) is 2. The number of unbranched alkanes of at least 4 members (excludes halogenated alkanes) is 2. The van der Waals surface area contributed by atoms with E-state index >= 15 is 0 Å². The molecule has 0 bridgehead atoms. The number of carbonyl (C=O) groups excluding carboxylic acids is 2. The Balaban J connectivity index is 2.36. The molecule has 7 heteroatoms. The van der Waals surface area contributed by atoms with E-state index in [1.165, 1.54) is 7.11 Å². The van der Waals surface area contributed by atoms with Crippen LogP contribution in [-0.2, 0) is 9.53 Å². The highest BCUT2D eigenvalue weighted by molar-refractivity contribution is 5.95. The van der Waals surface area contributed by atoms with Crippen LogP contribution in [0.15, 0.2) is 29.5 Å². The zero-order chi connectivity index (χ0) is 19.1. The van der Waals surface area contributed by atoms with E-state index in [-0.39, 0.29) is 6.03 Å². The number of hydrogen-bond donors (Lipinski definition) is 2. The van der Waals surface area contributed by atoms with E-state index in [1.54, 1.807) is 32.2 Å². The number of ether oxygens (including phenoxy) is 3. The van der Waals surface area contributed by atoms with Crippen molar-refractivity contribution in [2.45, 2.75) is 39.2 Å². The van der Waals surface area contributed by atoms with Gasteiger partial charge in [0, 0.05) is 11.3 Å². The topological polar surface area (TPSA) is 85.9 Å². The van der Waals surface area contributed by atoms with Gasteiger partial charge in [0.25, 0.3) is 0 Å². The lowest BCUT2D eigenvalue weighted by Gasteiger charge is -2.29. The lowest BCUT2D eigenvalue weighted by Crippen LogP contribution is -2.45. The van der Waals surface area contributed by atoms with Gasteiger partial charge in [-0.05, 0) is 31.5 Å². The maximum Gasteiger partial charge on any atom is 0.338 e. The minimum Gasteiger partial charge on any atom is -0.497 e. The molecule has 0 saturated carbocycles. The number of hydrogen-bond acceptors (Lipinski definition) is 5. The zero-order valence-corrected chi connectivity index (χ0v) is 15.7. The minimum atomic E-state index is -0.688. The summed E-state index contributed by atoms with van der Waals surface area (Å²) in [7, 11) is 3.09. The second kappa shape index (κ2) is 9.12. The monoisotopic (exact) mass is 362 g/mol. The summed E-state index contributed by atoms with van der Waals surface area (Å²) in [5, 5.41) is 5.41. The number of urea groups is 1. The summed E-state index contributed by atoms with van der Waals surface area (Å²) in [6.07, 6.45) is 2.84. The van der Waals surface area contributed by atoms with Gasteiger partial charge in [-0.15, -0.1) is 0 Å². The number of rotatable bonds is 8. The molecule has 0 saturated heterocycles. The van der Waals surface area contributed by atoms with Gasteiger partial charge in [-0.2, -0.15) is 0 Å². The lowest BCUT2D eigenvalue weighted by atomic mass is 9.94. The lowest BCUT2D eigenvalue weighted by molar-refractivity contribution is -0.139. The van der Waals surface area contributed by atoms with Crippen molar-refractivity contribution in [2.75, 3.05) is 20.8 Å². The van der Waals surface area contributed by atoms with Gasteiger partial charge in [-0.3, -0.25) is 0 Å². The van der Waals surface area contributed by atoms with Crippen molar-refractivity contribution in [2.24, 2.45) is 0 Å². The van der Waals surface area contributed by atoms with Gasteiger partial charge in [-0.1, -0.05) is 19.8 Å². The number of methoxy groups -OCH3 is 2. The first-order chi connectivity index (χ1) is 12.5. The van der Waals surface area contributed by atoms with Crippen LogP contribution in [0.2, 0.25) is 0 Å². The highest BCUT2D eigenvalue weighted by atomic mass is 16.5. The van der Waals surface area contributed by atoms with Gasteiger partial charge in [0.15, 0.2) is 0 Å². The van der Waals surface area contributed by atoms with E-state index in [0.717, 1.165) is 19.3 Å². The molecule has 1 aliphatic rings. The third-order valence-corrected chi connectivity index (χ3v) is 4.22. The van der Waals surface area contributed by atoms with E-state index in [0.29, 0.717) is 34.9 Å². The number of benzene rings is 1. The molecule has 1 heterocycles. The number of allylic oxidation sites excluding steroid dienone is 1. The molecule has 2 rings (SSSR count). The van der Waals surface area contributed by atoms with E-state index in [1.807, 2.05) is 0 Å². The predicted molar refractivity (Wildman–Crippen MR) is 97.1 cm³/mol. The first-order valence-electron chi connectivity index (χ1n) is 8.69. The predicted octanol–water partition coefficient (Wildman–Crippen LogP) is 3.07. The van der Waals surface area contributed by atoms with Crippen LogP contribution in [0.4, 0.5) is 4.79 Å². The smallest absolute Gasteiger partial charge is 0.338 e. The normalized spacial score (nSPS) is 16.6. The Bertz CT molecular complexity index is 699. The molecule has 1 aromatic rings. The molecule has 2 amide bonds. The molecular formula is C19H26N2O5. The molecule has 0 fully saturated rings. The summed E-state index contributed by atoms with van der Waals surface area (Å²) in [5.74, 6) is 0.685. The average Bonchev–Trinajstić information content (AvgIpc) is 2.63. The van der Waals surface area contributed by atoms with Gasteiger partial charge in [0.2, 0.25) is 0 Å². The second-order valence-corrected chi connectivity index (χ2v) is 6.02. The van der Waals surface area contributed by atoms with E-state index in [9.17, 15) is 9.59 Å². The summed E-state index contributed by atoms with van der Waals surface area (Å²) in [5.41, 5.74) is 1.44. The summed E-state index contributed by atoms with van der Waals surface area (Å²) in [6.45, 7) is 4.11. The van der Waals surface area contributed by atoms with Crippen LogP contribution in [0, 0.1) is 0 Å². The molecule has 26 heavy (non-hydrogen) atoms. The second-order valence-electron chi connectivity index (χ2n) is 6.02. The van der Waals surface area contributed by atoms with Crippen molar-refractivity contribution in [1.29, 1.82) is 0 Å². The Morgan fingerprint density at radius 1 is 1.19 bits per heavy atom. The SMILES string of the molecule is CCCCCOC(=O)C1=C(C)NC(=O)N[C@@H]1c1cc(OC)ccc1OC. The molecule has 1 aromatic carbocycles. The van der Waals surface area contributed by atoms with Crippen molar-refractivity contribution in [1.82, 2.24) is 10.6 Å². The Morgan fingerprint density at radius 3 is 2.62 bits per heavy atom. The summed E-state index contributed by atoms with van der Waals surface area (Å²) in [4.78, 5) is 24.7. The maximum absolute atomic E-state index is 12.7. The summed E-state index contributed by atoms with van der Waals surface area (Å²) < 4.78 is 16.1. The van der Waals surface area contributed by atoms with Gasteiger partial charge in [0.1, 0.15) is 11.5 Å². The van der Waals surface area contributed by atoms with Crippen molar-refractivity contribution < 1.29 is 23.8 Å². The van der Waals surface area contributed by atoms with Crippen molar-refractivity contribution >= 4 is 12.0 Å². The van der Waals surface area contributed by atoms with Crippen LogP contribution in [-0.4, -0.2) is 32.8 Å². The standard InChI is InChI=1S/C19H26N2O5/c1-5-6-7-10-26-18(22)16-12(2)20-19(23)21-17(16)14-11-13(24-3)8-9-15(14)25-4/h8-9,11,17H,5-7,10H2,1-4H3,(H2,20,21,23)/t17-/m1/s1. The Kier molecular flexibility index (Phi) is 6.89. The zero-order valence-electron chi connectivity index (χ0n) is 15.7. The molecule has 0 unspecified atom stereocenters. The maximum atomic E-state index is 12.7. The molecule has 0 radical (unpaired) electrons. The number of amides is 2. The molecule has 142 valence electrons. The van der Waals surface area contributed by atoms with Crippen molar-refractivity contribution in [3.63, 3.8) is 0 Å². The first-order valence-corrected chi connectivity index (χ1v) is 8.69. The van der Waals surface area contributed by atoms with Gasteiger partial charge in [0.05, 0.1) is 32.4 Å². The van der Waals surface area contributed by atoms with Gasteiger partial charge in [-0.25, -0.2) is 9.59 Å². The summed E-state index contributed by atoms with van der Waals surface area (Å²) in [6, 6.07) is 4.16. The third kappa shape index (κ3) is 4.47. The van der Waals surface area contributed by atoms with Crippen LogP contribution in [0.3, 0.4) is 0 Å². The van der Waals surface area contributed by atoms with Gasteiger partial charge < -0.3 is 24.8 Å². The fraction of sp³-hybridized carbons (Fsp3) is 0.474. The molecule has 0 spiro atoms. The van der Waals surface area contributed by atoms with E-state index in [2.05, 4.69) is 17.6 Å². The molecule has 1 aliphatic heterocycles. The third-order valence-electron chi connectivity index (χ3n) is 4.22. The average molecular weight is 362 g/mol. The summed E-state index contributed by atoms with van der Waals surface area (Å²) >= 11 is 0. The van der Waals surface area contributed by atoms with Gasteiger partial charge >= 0.3 is 12.0 Å². The van der Waals surface area contributed by atoms with Crippen LogP contribution < -0.4 is 20.1 Å². The van der Waals surface area contributed by atoms with Crippen molar-refractivity contribution in [3.8, 4) is 11.5 Å². The molecule has 7 nitrogen and oxygen atoms in total. The molecule has 1 atom stereocenters. The van der Waals surface area contributed by atoms with Crippen LogP contribution in [0.5, 0.6) is 11.5 Å². The van der Waals surface area contributed by atoms with Crippen LogP contribution in [0.1, 0.15) is 44.7 Å². The number of esters is 1. The molecule has 0 aromatic heterocycles. The van der Waals surface area contributed by atoms with E-state index in [4.69, 9.17) is 14.2 Å². The highest BCUT2D eigenvalue weighted by Crippen LogP contribution is 2.35. The Morgan fingerprint density at radius 2 is 1.96 bits per heavy atom. The number of carbonyl (C=O) groups is 2. The fourth-order valence-electron chi connectivity index (χ4n) is 2.86. The Labute approximate surface area is 153 Å². The fourth-order valence-corrected chi connectivity index (χ4v) is 2.86. The van der Waals surface area contributed by atoms with Crippen LogP contribution >= 0.6 is 0 Å². The van der Waals surface area contributed by atoms with Crippen LogP contribution in [0.25, 0.3) is 0 Å². The molecule has 0 aliphatic carbocycles. The largest absolute Gasteiger partial charge is 0.497 e. The minimum absolute atomic E-state index is 0.347. The molecule has 2 N–H and O–H groups in total. The first kappa shape index (κ1) is 19.6. The highest BCUT2D eigenvalue weighted by Gasteiger charge is 2.34. The Hall–Kier alpha value is -2.70. The van der Waals surface area contributed by atoms with Crippen molar-refractivity contribution in [3.05, 3.63) is 35.0 Å². The molecular weight excluding hydrogens is 336 g/mol.